The van der Waals surface area contributed by atoms with Gasteiger partial charge in [0.1, 0.15) is 0 Å². The van der Waals surface area contributed by atoms with Crippen LogP contribution in [0.5, 0.6) is 0 Å². The SMILES string of the molecule is C=CCNC(=O)C1CCN(C(=O)c2ccccc2Cl)CC1. The molecule has 5 heteroatoms. The van der Waals surface area contributed by atoms with E-state index in [0.29, 0.717) is 43.1 Å². The number of benzene rings is 1. The molecule has 1 aliphatic heterocycles. The first kappa shape index (κ1) is 15.6. The van der Waals surface area contributed by atoms with Gasteiger partial charge in [-0.25, -0.2) is 0 Å². The summed E-state index contributed by atoms with van der Waals surface area (Å²) in [5.74, 6) is -0.0504. The predicted molar refractivity (Wildman–Crippen MR) is 83.3 cm³/mol. The molecule has 21 heavy (non-hydrogen) atoms. The van der Waals surface area contributed by atoms with Crippen LogP contribution in [0.15, 0.2) is 36.9 Å². The van der Waals surface area contributed by atoms with Crippen LogP contribution in [0.2, 0.25) is 5.02 Å². The van der Waals surface area contributed by atoms with Crippen molar-refractivity contribution in [3.63, 3.8) is 0 Å². The number of piperidine rings is 1. The zero-order valence-corrected chi connectivity index (χ0v) is 12.6. The summed E-state index contributed by atoms with van der Waals surface area (Å²) in [5, 5.41) is 3.27. The molecule has 0 unspecified atom stereocenters. The second-order valence-electron chi connectivity index (χ2n) is 5.08. The molecular formula is C16H19ClN2O2. The monoisotopic (exact) mass is 306 g/mol. The first-order valence-corrected chi connectivity index (χ1v) is 7.43. The van der Waals surface area contributed by atoms with Gasteiger partial charge in [0.15, 0.2) is 0 Å². The summed E-state index contributed by atoms with van der Waals surface area (Å²) in [6.07, 6.45) is 3.02. The molecule has 112 valence electrons. The van der Waals surface area contributed by atoms with Gasteiger partial charge in [0.05, 0.1) is 10.6 Å². The number of nitrogens with one attached hydrogen (secondary N) is 1. The molecule has 1 heterocycles. The smallest absolute Gasteiger partial charge is 0.255 e. The minimum Gasteiger partial charge on any atom is -0.352 e. The van der Waals surface area contributed by atoms with Crippen LogP contribution in [0.3, 0.4) is 0 Å². The van der Waals surface area contributed by atoms with Gasteiger partial charge in [0, 0.05) is 25.6 Å². The van der Waals surface area contributed by atoms with Crippen molar-refractivity contribution in [2.24, 2.45) is 5.92 Å². The van der Waals surface area contributed by atoms with Crippen LogP contribution >= 0.6 is 11.6 Å². The fourth-order valence-corrected chi connectivity index (χ4v) is 2.68. The molecule has 0 atom stereocenters. The van der Waals surface area contributed by atoms with Gasteiger partial charge in [-0.15, -0.1) is 6.58 Å². The summed E-state index contributed by atoms with van der Waals surface area (Å²) in [7, 11) is 0. The molecule has 2 amide bonds. The number of amides is 2. The molecule has 0 radical (unpaired) electrons. The topological polar surface area (TPSA) is 49.4 Å². The maximum Gasteiger partial charge on any atom is 0.255 e. The molecule has 4 nitrogen and oxygen atoms in total. The Hall–Kier alpha value is -1.81. The third kappa shape index (κ3) is 3.85. The molecule has 0 saturated carbocycles. The Morgan fingerprint density at radius 1 is 1.33 bits per heavy atom. The molecule has 0 aromatic heterocycles. The highest BCUT2D eigenvalue weighted by atomic mass is 35.5. The average molecular weight is 307 g/mol. The highest BCUT2D eigenvalue weighted by Gasteiger charge is 2.28. The molecule has 1 aromatic rings. The van der Waals surface area contributed by atoms with Crippen LogP contribution in [-0.2, 0) is 4.79 Å². The lowest BCUT2D eigenvalue weighted by Crippen LogP contribution is -2.43. The third-order valence-electron chi connectivity index (χ3n) is 3.68. The summed E-state index contributed by atoms with van der Waals surface area (Å²) < 4.78 is 0. The molecule has 2 rings (SSSR count). The van der Waals surface area contributed by atoms with Gasteiger partial charge < -0.3 is 10.2 Å². The van der Waals surface area contributed by atoms with Crippen molar-refractivity contribution in [3.05, 3.63) is 47.5 Å². The average Bonchev–Trinajstić information content (AvgIpc) is 2.52. The van der Waals surface area contributed by atoms with Gasteiger partial charge in [-0.3, -0.25) is 9.59 Å². The molecule has 1 N–H and O–H groups in total. The number of carbonyl (C=O) groups excluding carboxylic acids is 2. The van der Waals surface area contributed by atoms with E-state index in [1.165, 1.54) is 0 Å². The molecule has 1 aromatic carbocycles. The zero-order valence-electron chi connectivity index (χ0n) is 11.8. The van der Waals surface area contributed by atoms with Crippen LogP contribution < -0.4 is 5.32 Å². The van der Waals surface area contributed by atoms with Crippen molar-refractivity contribution >= 4 is 23.4 Å². The van der Waals surface area contributed by atoms with Crippen molar-refractivity contribution in [3.8, 4) is 0 Å². The maximum absolute atomic E-state index is 12.4. The summed E-state index contributed by atoms with van der Waals surface area (Å²) >= 11 is 6.05. The molecule has 1 aliphatic rings. The normalized spacial score (nSPS) is 15.6. The van der Waals surface area contributed by atoms with Crippen LogP contribution in [0.25, 0.3) is 0 Å². The quantitative estimate of drug-likeness (QED) is 0.869. The summed E-state index contributed by atoms with van der Waals surface area (Å²) in [4.78, 5) is 26.0. The van der Waals surface area contributed by atoms with Gasteiger partial charge in [0.25, 0.3) is 5.91 Å². The van der Waals surface area contributed by atoms with Crippen molar-refractivity contribution in [1.29, 1.82) is 0 Å². The van der Waals surface area contributed by atoms with Crippen LogP contribution in [0, 0.1) is 5.92 Å². The Bertz CT molecular complexity index is 537. The van der Waals surface area contributed by atoms with Gasteiger partial charge in [-0.1, -0.05) is 29.8 Å². The summed E-state index contributed by atoms with van der Waals surface area (Å²) in [6.45, 7) is 5.22. The number of nitrogens with zero attached hydrogens (tertiary/aromatic N) is 1. The Morgan fingerprint density at radius 3 is 2.62 bits per heavy atom. The molecule has 1 saturated heterocycles. The molecule has 0 aliphatic carbocycles. The van der Waals surface area contributed by atoms with E-state index in [2.05, 4.69) is 11.9 Å². The molecule has 0 spiro atoms. The number of hydrogen-bond acceptors (Lipinski definition) is 2. The first-order valence-electron chi connectivity index (χ1n) is 7.06. The van der Waals surface area contributed by atoms with E-state index in [-0.39, 0.29) is 17.7 Å². The van der Waals surface area contributed by atoms with E-state index < -0.39 is 0 Å². The van der Waals surface area contributed by atoms with Gasteiger partial charge in [-0.2, -0.15) is 0 Å². The molecule has 0 bridgehead atoms. The Kier molecular flexibility index (Phi) is 5.39. The highest BCUT2D eigenvalue weighted by molar-refractivity contribution is 6.33. The fourth-order valence-electron chi connectivity index (χ4n) is 2.47. The predicted octanol–water partition coefficient (Wildman–Crippen LogP) is 2.49. The number of likely N-dealkylation sites (tertiary alicyclic amines) is 1. The van der Waals surface area contributed by atoms with Crippen LogP contribution in [0.4, 0.5) is 0 Å². The number of rotatable bonds is 4. The lowest BCUT2D eigenvalue weighted by atomic mass is 9.95. The minimum atomic E-state index is -0.0643. The summed E-state index contributed by atoms with van der Waals surface area (Å²) in [5.41, 5.74) is 0.522. The van der Waals surface area contributed by atoms with Crippen molar-refractivity contribution in [2.75, 3.05) is 19.6 Å². The van der Waals surface area contributed by atoms with E-state index in [9.17, 15) is 9.59 Å². The lowest BCUT2D eigenvalue weighted by molar-refractivity contribution is -0.126. The van der Waals surface area contributed by atoms with E-state index in [1.54, 1.807) is 35.2 Å². The molecule has 1 fully saturated rings. The third-order valence-corrected chi connectivity index (χ3v) is 4.01. The Morgan fingerprint density at radius 2 is 2.00 bits per heavy atom. The van der Waals surface area contributed by atoms with Crippen LogP contribution in [-0.4, -0.2) is 36.3 Å². The first-order chi connectivity index (χ1) is 10.1. The number of carbonyl (C=O) groups is 2. The van der Waals surface area contributed by atoms with E-state index in [4.69, 9.17) is 11.6 Å². The van der Waals surface area contributed by atoms with Crippen LogP contribution in [0.1, 0.15) is 23.2 Å². The standard InChI is InChI=1S/C16H19ClN2O2/c1-2-9-18-15(20)12-7-10-19(11-8-12)16(21)13-5-3-4-6-14(13)17/h2-6,12H,1,7-11H2,(H,18,20). The lowest BCUT2D eigenvalue weighted by Gasteiger charge is -2.31. The van der Waals surface area contributed by atoms with Gasteiger partial charge >= 0.3 is 0 Å². The van der Waals surface area contributed by atoms with Gasteiger partial charge in [-0.05, 0) is 25.0 Å². The highest BCUT2D eigenvalue weighted by Crippen LogP contribution is 2.22. The van der Waals surface area contributed by atoms with Crippen molar-refractivity contribution in [1.82, 2.24) is 10.2 Å². The Labute approximate surface area is 129 Å². The van der Waals surface area contributed by atoms with E-state index in [0.717, 1.165) is 0 Å². The zero-order chi connectivity index (χ0) is 15.2. The van der Waals surface area contributed by atoms with E-state index in [1.807, 2.05) is 0 Å². The van der Waals surface area contributed by atoms with Crippen molar-refractivity contribution < 1.29 is 9.59 Å². The van der Waals surface area contributed by atoms with E-state index >= 15 is 0 Å². The second kappa shape index (κ2) is 7.27. The Balaban J connectivity index is 1.92. The fraction of sp³-hybridized carbons (Fsp3) is 0.375. The minimum absolute atomic E-state index is 0.0276. The largest absolute Gasteiger partial charge is 0.352 e. The maximum atomic E-state index is 12.4. The van der Waals surface area contributed by atoms with Crippen molar-refractivity contribution in [2.45, 2.75) is 12.8 Å². The number of hydrogen-bond donors (Lipinski definition) is 1. The van der Waals surface area contributed by atoms with Gasteiger partial charge in [0.2, 0.25) is 5.91 Å². The molecular weight excluding hydrogens is 288 g/mol. The number of halogens is 1. The summed E-state index contributed by atoms with van der Waals surface area (Å²) in [6, 6.07) is 7.04. The second-order valence-corrected chi connectivity index (χ2v) is 5.49.